The van der Waals surface area contributed by atoms with Gasteiger partial charge in [-0.1, -0.05) is 30.7 Å². The molecule has 0 N–H and O–H groups in total. The molecular weight excluding hydrogens is 216 g/mol. The Balaban J connectivity index is 2.41. The van der Waals surface area contributed by atoms with Gasteiger partial charge < -0.3 is 0 Å². The Morgan fingerprint density at radius 2 is 2.06 bits per heavy atom. The highest BCUT2D eigenvalue weighted by Gasteiger charge is 2.39. The van der Waals surface area contributed by atoms with Crippen LogP contribution in [0, 0.1) is 0 Å². The highest BCUT2D eigenvalue weighted by atomic mass is 32.2. The number of benzene rings is 1. The number of ketones is 1. The molecule has 1 nitrogen and oxygen atoms in total. The van der Waals surface area contributed by atoms with Gasteiger partial charge in [-0.2, -0.15) is 11.8 Å². The van der Waals surface area contributed by atoms with Crippen LogP contribution in [0.25, 0.3) is 0 Å². The fraction of sp³-hybridized carbons (Fsp3) is 0.500. The molecule has 0 unspecified atom stereocenters. The van der Waals surface area contributed by atoms with Crippen LogP contribution in [0.2, 0.25) is 0 Å². The second-order valence-corrected chi connectivity index (χ2v) is 5.53. The summed E-state index contributed by atoms with van der Waals surface area (Å²) in [5, 5.41) is 0. The topological polar surface area (TPSA) is 17.1 Å². The molecule has 1 fully saturated rings. The third-order valence-corrected chi connectivity index (χ3v) is 4.45. The zero-order valence-electron chi connectivity index (χ0n) is 9.95. The molecule has 2 rings (SSSR count). The quantitative estimate of drug-likeness (QED) is 0.739. The Bertz CT molecular complexity index is 393. The SMILES string of the molecule is CSCC1(c2ccccc2C(C)=O)CCC1. The Hall–Kier alpha value is -0.760. The lowest BCUT2D eigenvalue weighted by Crippen LogP contribution is -2.38. The van der Waals surface area contributed by atoms with Crippen molar-refractivity contribution in [1.82, 2.24) is 0 Å². The summed E-state index contributed by atoms with van der Waals surface area (Å²) in [7, 11) is 0. The molecule has 0 atom stereocenters. The first-order chi connectivity index (χ1) is 7.69. The van der Waals surface area contributed by atoms with Crippen LogP contribution in [0.1, 0.15) is 42.1 Å². The highest BCUT2D eigenvalue weighted by molar-refractivity contribution is 7.98. The number of carbonyl (C=O) groups is 1. The normalized spacial score (nSPS) is 17.9. The molecule has 1 saturated carbocycles. The molecule has 1 aromatic carbocycles. The van der Waals surface area contributed by atoms with Gasteiger partial charge in [0, 0.05) is 16.7 Å². The zero-order chi connectivity index (χ0) is 11.6. The maximum absolute atomic E-state index is 11.7. The van der Waals surface area contributed by atoms with Crippen molar-refractivity contribution in [3.05, 3.63) is 35.4 Å². The van der Waals surface area contributed by atoms with E-state index < -0.39 is 0 Å². The van der Waals surface area contributed by atoms with E-state index in [0.29, 0.717) is 0 Å². The number of rotatable bonds is 4. The van der Waals surface area contributed by atoms with Gasteiger partial charge in [0.2, 0.25) is 0 Å². The molecule has 0 radical (unpaired) electrons. The minimum Gasteiger partial charge on any atom is -0.295 e. The first-order valence-corrected chi connectivity index (χ1v) is 7.18. The van der Waals surface area contributed by atoms with Gasteiger partial charge in [-0.3, -0.25) is 4.79 Å². The fourth-order valence-electron chi connectivity index (χ4n) is 2.62. The van der Waals surface area contributed by atoms with Crippen LogP contribution in [0.3, 0.4) is 0 Å². The zero-order valence-corrected chi connectivity index (χ0v) is 10.8. The van der Waals surface area contributed by atoms with Crippen molar-refractivity contribution in [3.8, 4) is 0 Å². The van der Waals surface area contributed by atoms with Gasteiger partial charge in [0.15, 0.2) is 5.78 Å². The van der Waals surface area contributed by atoms with Crippen LogP contribution in [-0.4, -0.2) is 17.8 Å². The average Bonchev–Trinajstić information content (AvgIpc) is 2.23. The van der Waals surface area contributed by atoms with Crippen molar-refractivity contribution in [1.29, 1.82) is 0 Å². The van der Waals surface area contributed by atoms with Crippen molar-refractivity contribution in [2.75, 3.05) is 12.0 Å². The van der Waals surface area contributed by atoms with Crippen LogP contribution in [0.4, 0.5) is 0 Å². The Morgan fingerprint density at radius 3 is 2.56 bits per heavy atom. The second-order valence-electron chi connectivity index (χ2n) is 4.67. The minimum absolute atomic E-state index is 0.197. The molecule has 86 valence electrons. The molecular formula is C14H18OS. The average molecular weight is 234 g/mol. The monoisotopic (exact) mass is 234 g/mol. The van der Waals surface area contributed by atoms with Gasteiger partial charge in [0.05, 0.1) is 0 Å². The minimum atomic E-state index is 0.197. The summed E-state index contributed by atoms with van der Waals surface area (Å²) in [6.07, 6.45) is 5.92. The number of hydrogen-bond donors (Lipinski definition) is 0. The Labute approximate surface area is 102 Å². The first-order valence-electron chi connectivity index (χ1n) is 5.79. The van der Waals surface area contributed by atoms with Gasteiger partial charge in [-0.25, -0.2) is 0 Å². The van der Waals surface area contributed by atoms with E-state index in [0.717, 1.165) is 11.3 Å². The van der Waals surface area contributed by atoms with Crippen molar-refractivity contribution >= 4 is 17.5 Å². The van der Waals surface area contributed by atoms with E-state index in [1.165, 1.54) is 24.8 Å². The summed E-state index contributed by atoms with van der Waals surface area (Å²) in [5.74, 6) is 1.33. The molecule has 1 aromatic rings. The molecule has 16 heavy (non-hydrogen) atoms. The molecule has 0 aromatic heterocycles. The number of thioether (sulfide) groups is 1. The molecule has 0 bridgehead atoms. The second kappa shape index (κ2) is 4.62. The van der Waals surface area contributed by atoms with Crippen molar-refractivity contribution in [3.63, 3.8) is 0 Å². The lowest BCUT2D eigenvalue weighted by Gasteiger charge is -2.43. The summed E-state index contributed by atoms with van der Waals surface area (Å²) in [6.45, 7) is 1.67. The van der Waals surface area contributed by atoms with E-state index in [9.17, 15) is 4.79 Å². The van der Waals surface area contributed by atoms with Gasteiger partial charge in [0.1, 0.15) is 0 Å². The summed E-state index contributed by atoms with van der Waals surface area (Å²) >= 11 is 1.89. The standard InChI is InChI=1S/C14H18OS/c1-11(15)12-6-3-4-7-13(12)14(10-16-2)8-5-9-14/h3-4,6-7H,5,8-10H2,1-2H3. The fourth-order valence-corrected chi connectivity index (χ4v) is 3.62. The molecule has 0 saturated heterocycles. The van der Waals surface area contributed by atoms with E-state index >= 15 is 0 Å². The number of carbonyl (C=O) groups excluding carboxylic acids is 1. The van der Waals surface area contributed by atoms with Crippen molar-refractivity contribution in [2.45, 2.75) is 31.6 Å². The van der Waals surface area contributed by atoms with Gasteiger partial charge in [0.25, 0.3) is 0 Å². The molecule has 0 spiro atoms. The Kier molecular flexibility index (Phi) is 3.38. The van der Waals surface area contributed by atoms with E-state index in [4.69, 9.17) is 0 Å². The smallest absolute Gasteiger partial charge is 0.160 e. The molecule has 0 amide bonds. The Morgan fingerprint density at radius 1 is 1.38 bits per heavy atom. The van der Waals surface area contributed by atoms with Crippen LogP contribution < -0.4 is 0 Å². The van der Waals surface area contributed by atoms with E-state index in [2.05, 4.69) is 18.4 Å². The van der Waals surface area contributed by atoms with Gasteiger partial charge >= 0.3 is 0 Å². The summed E-state index contributed by atoms with van der Waals surface area (Å²) in [5.41, 5.74) is 2.49. The van der Waals surface area contributed by atoms with Crippen LogP contribution in [0.15, 0.2) is 24.3 Å². The molecule has 0 heterocycles. The number of hydrogen-bond acceptors (Lipinski definition) is 2. The predicted molar refractivity (Wildman–Crippen MR) is 70.4 cm³/mol. The summed E-state index contributed by atoms with van der Waals surface area (Å²) in [4.78, 5) is 11.7. The third-order valence-electron chi connectivity index (χ3n) is 3.61. The number of Topliss-reactive ketones (excluding diaryl/α,β-unsaturated/α-hetero) is 1. The van der Waals surface area contributed by atoms with Crippen molar-refractivity contribution in [2.24, 2.45) is 0 Å². The maximum Gasteiger partial charge on any atom is 0.160 e. The molecule has 1 aliphatic rings. The third kappa shape index (κ3) is 1.91. The van der Waals surface area contributed by atoms with E-state index in [-0.39, 0.29) is 11.2 Å². The van der Waals surface area contributed by atoms with Gasteiger partial charge in [-0.15, -0.1) is 0 Å². The summed E-state index contributed by atoms with van der Waals surface area (Å²) in [6, 6.07) is 8.14. The molecule has 0 aliphatic heterocycles. The molecule has 2 heteroatoms. The van der Waals surface area contributed by atoms with Crippen LogP contribution in [0.5, 0.6) is 0 Å². The van der Waals surface area contributed by atoms with Crippen LogP contribution in [-0.2, 0) is 5.41 Å². The highest BCUT2D eigenvalue weighted by Crippen LogP contribution is 2.46. The van der Waals surface area contributed by atoms with E-state index in [1.807, 2.05) is 23.9 Å². The van der Waals surface area contributed by atoms with E-state index in [1.54, 1.807) is 6.92 Å². The predicted octanol–water partition coefficient (Wildman–Crippen LogP) is 3.67. The van der Waals surface area contributed by atoms with Crippen LogP contribution >= 0.6 is 11.8 Å². The lowest BCUT2D eigenvalue weighted by atomic mass is 9.64. The maximum atomic E-state index is 11.7. The largest absolute Gasteiger partial charge is 0.295 e. The summed E-state index contributed by atoms with van der Waals surface area (Å²) < 4.78 is 0. The van der Waals surface area contributed by atoms with Gasteiger partial charge in [-0.05, 0) is 31.6 Å². The first kappa shape index (κ1) is 11.7. The molecule has 1 aliphatic carbocycles. The van der Waals surface area contributed by atoms with Crippen molar-refractivity contribution < 1.29 is 4.79 Å². The lowest BCUT2D eigenvalue weighted by molar-refractivity contribution is 0.101.